The Balaban J connectivity index is 1.76. The third kappa shape index (κ3) is 2.38. The highest BCUT2D eigenvalue weighted by Gasteiger charge is 2.18. The minimum atomic E-state index is 0.629. The summed E-state index contributed by atoms with van der Waals surface area (Å²) in [6, 6.07) is 21.5. The van der Waals surface area contributed by atoms with Gasteiger partial charge in [0.15, 0.2) is 0 Å². The molecule has 0 unspecified atom stereocenters. The third-order valence-electron chi connectivity index (χ3n) is 6.02. The summed E-state index contributed by atoms with van der Waals surface area (Å²) in [4.78, 5) is 9.17. The van der Waals surface area contributed by atoms with Crippen LogP contribution in [0.4, 0.5) is 0 Å². The molecule has 144 valence electrons. The van der Waals surface area contributed by atoms with E-state index in [-0.39, 0.29) is 0 Å². The number of aryl methyl sites for hydroxylation is 3. The predicted molar refractivity (Wildman–Crippen MR) is 124 cm³/mol. The van der Waals surface area contributed by atoms with E-state index in [1.807, 2.05) is 6.07 Å². The first-order valence-electron chi connectivity index (χ1n) is 10.2. The highest BCUT2D eigenvalue weighted by Crippen LogP contribution is 2.39. The molecular weight excluding hydrogens is 368 g/mol. The Morgan fingerprint density at radius 1 is 0.700 bits per heavy atom. The Bertz CT molecular complexity index is 1630. The molecule has 0 bridgehead atoms. The fourth-order valence-corrected chi connectivity index (χ4v) is 4.89. The molecule has 3 nitrogen and oxygen atoms in total. The van der Waals surface area contributed by atoms with Gasteiger partial charge in [-0.25, -0.2) is 9.97 Å². The SMILES string of the molecule is Cc1cc(C)c2c(C)cc(-c3ncnc4oc5ccc6ccccc6c5c34)cc2c1. The van der Waals surface area contributed by atoms with E-state index in [1.54, 1.807) is 6.33 Å². The number of rotatable bonds is 1. The zero-order valence-corrected chi connectivity index (χ0v) is 17.2. The first-order valence-corrected chi connectivity index (χ1v) is 10.2. The normalized spacial score (nSPS) is 11.8. The number of benzene rings is 4. The van der Waals surface area contributed by atoms with Crippen LogP contribution in [0.3, 0.4) is 0 Å². The lowest BCUT2D eigenvalue weighted by Gasteiger charge is -2.11. The minimum absolute atomic E-state index is 0.629. The average Bonchev–Trinajstić information content (AvgIpc) is 3.12. The molecule has 0 saturated carbocycles. The number of aromatic nitrogens is 2. The second kappa shape index (κ2) is 6.14. The first-order chi connectivity index (χ1) is 14.6. The van der Waals surface area contributed by atoms with E-state index in [9.17, 15) is 0 Å². The summed E-state index contributed by atoms with van der Waals surface area (Å²) in [5, 5.41) is 6.96. The van der Waals surface area contributed by atoms with Crippen molar-refractivity contribution in [2.45, 2.75) is 20.8 Å². The number of fused-ring (bicyclic) bond motifs is 6. The number of furan rings is 1. The van der Waals surface area contributed by atoms with E-state index in [4.69, 9.17) is 9.40 Å². The summed E-state index contributed by atoms with van der Waals surface area (Å²) in [6.45, 7) is 6.50. The molecule has 0 N–H and O–H groups in total. The Morgan fingerprint density at radius 2 is 1.53 bits per heavy atom. The van der Waals surface area contributed by atoms with Crippen molar-refractivity contribution in [1.29, 1.82) is 0 Å². The van der Waals surface area contributed by atoms with Gasteiger partial charge in [-0.3, -0.25) is 0 Å². The van der Waals surface area contributed by atoms with Gasteiger partial charge in [0, 0.05) is 10.9 Å². The second-order valence-electron chi connectivity index (χ2n) is 8.14. The molecule has 0 radical (unpaired) electrons. The highest BCUT2D eigenvalue weighted by molar-refractivity contribution is 6.21. The van der Waals surface area contributed by atoms with Crippen molar-refractivity contribution in [3.63, 3.8) is 0 Å². The van der Waals surface area contributed by atoms with Crippen LogP contribution in [-0.4, -0.2) is 9.97 Å². The van der Waals surface area contributed by atoms with Crippen molar-refractivity contribution in [3.05, 3.63) is 83.7 Å². The molecule has 0 aliphatic heterocycles. The van der Waals surface area contributed by atoms with Crippen LogP contribution in [0.2, 0.25) is 0 Å². The van der Waals surface area contributed by atoms with Crippen LogP contribution >= 0.6 is 0 Å². The van der Waals surface area contributed by atoms with Gasteiger partial charge in [-0.1, -0.05) is 48.0 Å². The van der Waals surface area contributed by atoms with Crippen molar-refractivity contribution in [2.24, 2.45) is 0 Å². The van der Waals surface area contributed by atoms with E-state index in [1.165, 1.54) is 32.8 Å². The molecule has 0 aliphatic carbocycles. The molecule has 0 saturated heterocycles. The molecule has 0 spiro atoms. The number of hydrogen-bond acceptors (Lipinski definition) is 3. The van der Waals surface area contributed by atoms with Gasteiger partial charge in [-0.05, 0) is 71.6 Å². The van der Waals surface area contributed by atoms with Gasteiger partial charge in [-0.15, -0.1) is 0 Å². The molecule has 2 heterocycles. The molecule has 6 aromatic rings. The van der Waals surface area contributed by atoms with Crippen LogP contribution in [0, 0.1) is 20.8 Å². The Kier molecular flexibility index (Phi) is 3.51. The van der Waals surface area contributed by atoms with Gasteiger partial charge in [0.05, 0.1) is 11.1 Å². The van der Waals surface area contributed by atoms with Crippen molar-refractivity contribution < 1.29 is 4.42 Å². The maximum absolute atomic E-state index is 6.13. The third-order valence-corrected chi connectivity index (χ3v) is 6.02. The number of nitrogens with zero attached hydrogens (tertiary/aromatic N) is 2. The largest absolute Gasteiger partial charge is 0.438 e. The first kappa shape index (κ1) is 17.2. The van der Waals surface area contributed by atoms with Gasteiger partial charge in [0.25, 0.3) is 0 Å². The fourth-order valence-electron chi connectivity index (χ4n) is 4.89. The standard InChI is InChI=1S/C27H20N2O/c1-15-10-16(2)23-17(3)12-20(13-19(23)11-15)26-25-24-21-7-5-4-6-18(21)8-9-22(24)30-27(25)29-14-28-26/h4-14H,1-3H3. The maximum Gasteiger partial charge on any atom is 0.231 e. The molecule has 6 rings (SSSR count). The fraction of sp³-hybridized carbons (Fsp3) is 0.111. The van der Waals surface area contributed by atoms with E-state index in [0.717, 1.165) is 33.0 Å². The summed E-state index contributed by atoms with van der Waals surface area (Å²) in [6.07, 6.45) is 1.60. The molecular formula is C27H20N2O. The summed E-state index contributed by atoms with van der Waals surface area (Å²) < 4.78 is 6.13. The second-order valence-corrected chi connectivity index (χ2v) is 8.14. The molecule has 4 aromatic carbocycles. The van der Waals surface area contributed by atoms with Crippen molar-refractivity contribution >= 4 is 43.6 Å². The number of hydrogen-bond donors (Lipinski definition) is 0. The van der Waals surface area contributed by atoms with Crippen molar-refractivity contribution in [3.8, 4) is 11.3 Å². The quantitative estimate of drug-likeness (QED) is 0.297. The van der Waals surface area contributed by atoms with Crippen LogP contribution in [0.15, 0.2) is 71.4 Å². The van der Waals surface area contributed by atoms with Gasteiger partial charge in [0.1, 0.15) is 11.9 Å². The topological polar surface area (TPSA) is 38.9 Å². The zero-order chi connectivity index (χ0) is 20.4. The van der Waals surface area contributed by atoms with E-state index < -0.39 is 0 Å². The highest BCUT2D eigenvalue weighted by atomic mass is 16.3. The van der Waals surface area contributed by atoms with Crippen molar-refractivity contribution in [2.75, 3.05) is 0 Å². The summed E-state index contributed by atoms with van der Waals surface area (Å²) in [5.41, 5.74) is 7.31. The molecule has 0 fully saturated rings. The molecule has 0 amide bonds. The Morgan fingerprint density at radius 3 is 2.43 bits per heavy atom. The molecule has 0 aliphatic rings. The minimum Gasteiger partial charge on any atom is -0.438 e. The molecule has 30 heavy (non-hydrogen) atoms. The van der Waals surface area contributed by atoms with Gasteiger partial charge < -0.3 is 4.42 Å². The van der Waals surface area contributed by atoms with Gasteiger partial charge >= 0.3 is 0 Å². The Labute approximate surface area is 174 Å². The van der Waals surface area contributed by atoms with Crippen LogP contribution < -0.4 is 0 Å². The van der Waals surface area contributed by atoms with Gasteiger partial charge in [-0.2, -0.15) is 0 Å². The predicted octanol–water partition coefficient (Wildman–Crippen LogP) is 7.27. The van der Waals surface area contributed by atoms with Crippen LogP contribution in [-0.2, 0) is 0 Å². The smallest absolute Gasteiger partial charge is 0.231 e. The monoisotopic (exact) mass is 388 g/mol. The van der Waals surface area contributed by atoms with E-state index in [0.29, 0.717) is 5.71 Å². The van der Waals surface area contributed by atoms with E-state index in [2.05, 4.69) is 80.4 Å². The lowest BCUT2D eigenvalue weighted by molar-refractivity contribution is 0.653. The van der Waals surface area contributed by atoms with Crippen LogP contribution in [0.5, 0.6) is 0 Å². The summed E-state index contributed by atoms with van der Waals surface area (Å²) in [5.74, 6) is 0. The maximum atomic E-state index is 6.13. The lowest BCUT2D eigenvalue weighted by Crippen LogP contribution is -1.91. The molecule has 0 atom stereocenters. The summed E-state index contributed by atoms with van der Waals surface area (Å²) in [7, 11) is 0. The van der Waals surface area contributed by atoms with E-state index >= 15 is 0 Å². The van der Waals surface area contributed by atoms with Crippen LogP contribution in [0.25, 0.3) is 54.9 Å². The van der Waals surface area contributed by atoms with Crippen LogP contribution in [0.1, 0.15) is 16.7 Å². The average molecular weight is 388 g/mol. The molecule has 2 aromatic heterocycles. The molecule has 3 heteroatoms. The summed E-state index contributed by atoms with van der Waals surface area (Å²) >= 11 is 0. The van der Waals surface area contributed by atoms with Crippen molar-refractivity contribution in [1.82, 2.24) is 9.97 Å². The Hall–Kier alpha value is -3.72. The lowest BCUT2D eigenvalue weighted by atomic mass is 9.94. The zero-order valence-electron chi connectivity index (χ0n) is 17.2. The van der Waals surface area contributed by atoms with Gasteiger partial charge in [0.2, 0.25) is 5.71 Å².